The van der Waals surface area contributed by atoms with Gasteiger partial charge in [0.15, 0.2) is 5.16 Å². The largest absolute Gasteiger partial charge is 0.481 e. The Kier molecular flexibility index (Phi) is 5.28. The standard InChI is InChI=1S/C16H13Cl2N3O2S/c17-10-8-11(18)15(19-9-10)24-16-20-12-4-1-2-5-13(12)21(16)7-3-6-14(22)23/h1-2,4-5,8-9H,3,6-7H2,(H,22,23). The number of carboxylic acids is 1. The number of carbonyl (C=O) groups is 1. The number of para-hydroxylation sites is 2. The number of nitrogens with zero attached hydrogens (tertiary/aromatic N) is 3. The zero-order valence-corrected chi connectivity index (χ0v) is 14.8. The van der Waals surface area contributed by atoms with Gasteiger partial charge in [-0.05, 0) is 36.4 Å². The molecule has 0 unspecified atom stereocenters. The van der Waals surface area contributed by atoms with Crippen molar-refractivity contribution < 1.29 is 9.90 Å². The summed E-state index contributed by atoms with van der Waals surface area (Å²) < 4.78 is 2.00. The molecular weight excluding hydrogens is 369 g/mol. The summed E-state index contributed by atoms with van der Waals surface area (Å²) in [5.41, 5.74) is 1.80. The lowest BCUT2D eigenvalue weighted by molar-refractivity contribution is -0.137. The highest BCUT2D eigenvalue weighted by Gasteiger charge is 2.14. The van der Waals surface area contributed by atoms with Gasteiger partial charge in [0.2, 0.25) is 0 Å². The number of carboxylic acid groups (broad SMARTS) is 1. The van der Waals surface area contributed by atoms with Crippen LogP contribution in [0.2, 0.25) is 10.0 Å². The Morgan fingerprint density at radius 2 is 2.08 bits per heavy atom. The molecule has 124 valence electrons. The molecule has 0 atom stereocenters. The molecule has 0 saturated heterocycles. The van der Waals surface area contributed by atoms with Gasteiger partial charge < -0.3 is 9.67 Å². The molecule has 0 aliphatic carbocycles. The van der Waals surface area contributed by atoms with Crippen LogP contribution in [0.4, 0.5) is 0 Å². The number of rotatable bonds is 6. The topological polar surface area (TPSA) is 68.0 Å². The van der Waals surface area contributed by atoms with E-state index in [2.05, 4.69) is 9.97 Å². The van der Waals surface area contributed by atoms with Crippen LogP contribution in [0.25, 0.3) is 11.0 Å². The zero-order valence-electron chi connectivity index (χ0n) is 12.4. The molecule has 0 saturated carbocycles. The van der Waals surface area contributed by atoms with Gasteiger partial charge in [-0.2, -0.15) is 0 Å². The highest BCUT2D eigenvalue weighted by molar-refractivity contribution is 7.99. The molecule has 2 aromatic heterocycles. The third-order valence-electron chi connectivity index (χ3n) is 3.35. The second-order valence-corrected chi connectivity index (χ2v) is 6.87. The number of benzene rings is 1. The number of hydrogen-bond donors (Lipinski definition) is 1. The third-order valence-corrected chi connectivity index (χ3v) is 4.97. The molecule has 3 aromatic rings. The molecule has 0 amide bonds. The fourth-order valence-electron chi connectivity index (χ4n) is 2.30. The number of aliphatic carboxylic acids is 1. The van der Waals surface area contributed by atoms with Gasteiger partial charge in [-0.25, -0.2) is 9.97 Å². The van der Waals surface area contributed by atoms with Crippen LogP contribution in [0.3, 0.4) is 0 Å². The first-order chi connectivity index (χ1) is 11.5. The quantitative estimate of drug-likeness (QED) is 0.666. The Hall–Kier alpha value is -1.76. The van der Waals surface area contributed by atoms with Gasteiger partial charge in [0, 0.05) is 19.2 Å². The monoisotopic (exact) mass is 381 g/mol. The first-order valence-electron chi connectivity index (χ1n) is 7.20. The van der Waals surface area contributed by atoms with Crippen LogP contribution >= 0.6 is 35.0 Å². The van der Waals surface area contributed by atoms with Crippen LogP contribution in [0.1, 0.15) is 12.8 Å². The molecule has 1 aromatic carbocycles. The van der Waals surface area contributed by atoms with E-state index in [0.29, 0.717) is 28.0 Å². The number of aryl methyl sites for hydroxylation is 1. The second kappa shape index (κ2) is 7.42. The predicted octanol–water partition coefficient (Wildman–Crippen LogP) is 4.75. The molecule has 0 bridgehead atoms. The van der Waals surface area contributed by atoms with Crippen molar-refractivity contribution in [2.45, 2.75) is 29.6 Å². The molecule has 3 rings (SSSR count). The summed E-state index contributed by atoms with van der Waals surface area (Å²) in [7, 11) is 0. The predicted molar refractivity (Wildman–Crippen MR) is 95.0 cm³/mol. The van der Waals surface area contributed by atoms with Gasteiger partial charge in [-0.1, -0.05) is 35.3 Å². The number of imidazole rings is 1. The van der Waals surface area contributed by atoms with Crippen molar-refractivity contribution in [3.63, 3.8) is 0 Å². The fourth-order valence-corrected chi connectivity index (χ4v) is 3.67. The number of aromatic nitrogens is 3. The van der Waals surface area contributed by atoms with Crippen LogP contribution in [-0.4, -0.2) is 25.6 Å². The summed E-state index contributed by atoms with van der Waals surface area (Å²) in [6.45, 7) is 0.556. The number of pyridine rings is 1. The molecule has 0 aliphatic heterocycles. The maximum Gasteiger partial charge on any atom is 0.303 e. The Labute approximate surface area is 152 Å². The summed E-state index contributed by atoms with van der Waals surface area (Å²) in [4.78, 5) is 19.6. The molecule has 24 heavy (non-hydrogen) atoms. The van der Waals surface area contributed by atoms with Crippen molar-refractivity contribution in [3.05, 3.63) is 46.6 Å². The molecule has 0 radical (unpaired) electrons. The second-order valence-electron chi connectivity index (χ2n) is 5.07. The summed E-state index contributed by atoms with van der Waals surface area (Å²) in [6.07, 6.45) is 2.16. The van der Waals surface area contributed by atoms with Crippen molar-refractivity contribution in [2.24, 2.45) is 0 Å². The SMILES string of the molecule is O=C(O)CCCn1c(Sc2ncc(Cl)cc2Cl)nc2ccccc21. The summed E-state index contributed by atoms with van der Waals surface area (Å²) in [5.74, 6) is -0.809. The molecule has 2 heterocycles. The van der Waals surface area contributed by atoms with Gasteiger partial charge >= 0.3 is 5.97 Å². The number of fused-ring (bicyclic) bond motifs is 1. The van der Waals surface area contributed by atoms with Crippen molar-refractivity contribution in [1.29, 1.82) is 0 Å². The van der Waals surface area contributed by atoms with E-state index in [9.17, 15) is 4.79 Å². The van der Waals surface area contributed by atoms with E-state index in [1.54, 1.807) is 6.07 Å². The first-order valence-corrected chi connectivity index (χ1v) is 8.78. The van der Waals surface area contributed by atoms with E-state index >= 15 is 0 Å². The number of hydrogen-bond acceptors (Lipinski definition) is 4. The van der Waals surface area contributed by atoms with Crippen molar-refractivity contribution in [3.8, 4) is 0 Å². The smallest absolute Gasteiger partial charge is 0.303 e. The van der Waals surface area contributed by atoms with Crippen molar-refractivity contribution >= 4 is 52.0 Å². The fraction of sp³-hybridized carbons (Fsp3) is 0.188. The lowest BCUT2D eigenvalue weighted by Crippen LogP contribution is -2.03. The summed E-state index contributed by atoms with van der Waals surface area (Å²) >= 11 is 13.4. The van der Waals surface area contributed by atoms with E-state index in [0.717, 1.165) is 16.2 Å². The van der Waals surface area contributed by atoms with Gasteiger partial charge in [0.1, 0.15) is 5.03 Å². The Morgan fingerprint density at radius 3 is 2.83 bits per heavy atom. The maximum atomic E-state index is 10.8. The van der Waals surface area contributed by atoms with E-state index < -0.39 is 5.97 Å². The van der Waals surface area contributed by atoms with E-state index in [1.807, 2.05) is 28.8 Å². The van der Waals surface area contributed by atoms with Crippen LogP contribution in [-0.2, 0) is 11.3 Å². The molecule has 0 spiro atoms. The van der Waals surface area contributed by atoms with Crippen molar-refractivity contribution in [1.82, 2.24) is 14.5 Å². The van der Waals surface area contributed by atoms with E-state index in [-0.39, 0.29) is 6.42 Å². The Bertz CT molecular complexity index is 898. The van der Waals surface area contributed by atoms with Crippen molar-refractivity contribution in [2.75, 3.05) is 0 Å². The lowest BCUT2D eigenvalue weighted by Gasteiger charge is -2.08. The third kappa shape index (κ3) is 3.83. The van der Waals surface area contributed by atoms with E-state index in [1.165, 1.54) is 18.0 Å². The van der Waals surface area contributed by atoms with Crippen LogP contribution in [0.15, 0.2) is 46.7 Å². The first kappa shape index (κ1) is 17.1. The van der Waals surface area contributed by atoms with Gasteiger partial charge in [0.25, 0.3) is 0 Å². The minimum atomic E-state index is -0.809. The Balaban J connectivity index is 1.95. The molecule has 0 fully saturated rings. The minimum Gasteiger partial charge on any atom is -0.481 e. The zero-order chi connectivity index (χ0) is 17.1. The van der Waals surface area contributed by atoms with Gasteiger partial charge in [-0.3, -0.25) is 4.79 Å². The number of halogens is 2. The minimum absolute atomic E-state index is 0.108. The van der Waals surface area contributed by atoms with Gasteiger partial charge in [0.05, 0.1) is 21.1 Å². The lowest BCUT2D eigenvalue weighted by atomic mass is 10.3. The normalized spacial score (nSPS) is 11.1. The molecule has 5 nitrogen and oxygen atoms in total. The maximum absolute atomic E-state index is 10.8. The molecule has 1 N–H and O–H groups in total. The van der Waals surface area contributed by atoms with E-state index in [4.69, 9.17) is 28.3 Å². The van der Waals surface area contributed by atoms with Crippen LogP contribution in [0, 0.1) is 0 Å². The highest BCUT2D eigenvalue weighted by Crippen LogP contribution is 2.34. The van der Waals surface area contributed by atoms with Crippen LogP contribution in [0.5, 0.6) is 0 Å². The molecule has 8 heteroatoms. The highest BCUT2D eigenvalue weighted by atomic mass is 35.5. The molecule has 0 aliphatic rings. The van der Waals surface area contributed by atoms with Crippen LogP contribution < -0.4 is 0 Å². The van der Waals surface area contributed by atoms with Gasteiger partial charge in [-0.15, -0.1) is 0 Å². The summed E-state index contributed by atoms with van der Waals surface area (Å²) in [5, 5.41) is 11.1. The Morgan fingerprint density at radius 1 is 1.29 bits per heavy atom. The average Bonchev–Trinajstić information content (AvgIpc) is 2.88. The summed E-state index contributed by atoms with van der Waals surface area (Å²) in [6, 6.07) is 9.36. The molecular formula is C16H13Cl2N3O2S. The average molecular weight is 382 g/mol.